The molecule has 1 aliphatic heterocycles. The van der Waals surface area contributed by atoms with E-state index < -0.39 is 22.7 Å². The minimum Gasteiger partial charge on any atom is -0.325 e. The number of amides is 2. The number of rotatable bonds is 7. The van der Waals surface area contributed by atoms with Crippen LogP contribution in [0.15, 0.2) is 59.7 Å². The normalized spacial score (nSPS) is 15.2. The van der Waals surface area contributed by atoms with Gasteiger partial charge in [0.05, 0.1) is 16.3 Å². The summed E-state index contributed by atoms with van der Waals surface area (Å²) in [6, 6.07) is 14.2. The number of para-hydroxylation sites is 1. The number of nitro groups is 1. The number of hydrazone groups is 1. The molecule has 1 aliphatic rings. The molecule has 170 valence electrons. The van der Waals surface area contributed by atoms with Gasteiger partial charge in [0.25, 0.3) is 11.6 Å². The van der Waals surface area contributed by atoms with Crippen LogP contribution in [0.25, 0.3) is 0 Å². The zero-order chi connectivity index (χ0) is 23.7. The van der Waals surface area contributed by atoms with Gasteiger partial charge in [-0.05, 0) is 50.8 Å². The van der Waals surface area contributed by atoms with Gasteiger partial charge in [-0.15, -0.1) is 0 Å². The smallest absolute Gasteiger partial charge is 0.269 e. The molecule has 9 heteroatoms. The molecule has 0 aromatic heterocycles. The van der Waals surface area contributed by atoms with Crippen LogP contribution in [0.4, 0.5) is 17.1 Å². The summed E-state index contributed by atoms with van der Waals surface area (Å²) in [6.45, 7) is 11.7. The Morgan fingerprint density at radius 3 is 2.09 bits per heavy atom. The Bertz CT molecular complexity index is 951. The first-order chi connectivity index (χ1) is 15.3. The van der Waals surface area contributed by atoms with E-state index in [1.807, 2.05) is 6.07 Å². The summed E-state index contributed by atoms with van der Waals surface area (Å²) >= 11 is 0. The molecular formula is C23H29N5O4. The SMILES string of the molecule is CC1=NN(c2ccccc2)C(=O)C1C(=O)Nc1ccc([N+](=O)[O-])cc1.CCN(CC)CC. The maximum absolute atomic E-state index is 12.6. The lowest BCUT2D eigenvalue weighted by Gasteiger charge is -2.14. The first-order valence-corrected chi connectivity index (χ1v) is 10.5. The fraction of sp³-hybridized carbons (Fsp3) is 0.348. The van der Waals surface area contributed by atoms with Gasteiger partial charge in [0, 0.05) is 17.8 Å². The zero-order valence-electron chi connectivity index (χ0n) is 18.8. The molecule has 1 atom stereocenters. The first kappa shape index (κ1) is 24.7. The summed E-state index contributed by atoms with van der Waals surface area (Å²) in [5, 5.41) is 18.6. The second-order valence-electron chi connectivity index (χ2n) is 7.07. The molecule has 1 heterocycles. The third kappa shape index (κ3) is 6.21. The van der Waals surface area contributed by atoms with Gasteiger partial charge in [0.15, 0.2) is 5.92 Å². The predicted octanol–water partition coefficient (Wildman–Crippen LogP) is 3.92. The van der Waals surface area contributed by atoms with Crippen LogP contribution < -0.4 is 10.3 Å². The highest BCUT2D eigenvalue weighted by molar-refractivity contribution is 6.28. The minimum absolute atomic E-state index is 0.0806. The standard InChI is InChI=1S/C17H14N4O4.C6H15N/c1-11-15(17(23)20(19-11)13-5-3-2-4-6-13)16(22)18-12-7-9-14(10-8-12)21(24)25;1-4-7(5-2)6-3/h2-10,15H,1H3,(H,18,22);4-6H2,1-3H3. The number of hydrogen-bond donors (Lipinski definition) is 1. The third-order valence-electron chi connectivity index (χ3n) is 5.08. The lowest BCUT2D eigenvalue weighted by Crippen LogP contribution is -2.36. The molecule has 0 bridgehead atoms. The van der Waals surface area contributed by atoms with E-state index >= 15 is 0 Å². The number of non-ortho nitro benzene ring substituents is 1. The molecule has 0 aliphatic carbocycles. The Labute approximate surface area is 187 Å². The molecule has 0 spiro atoms. The highest BCUT2D eigenvalue weighted by Gasteiger charge is 2.39. The molecule has 2 amide bonds. The number of hydrogen-bond acceptors (Lipinski definition) is 6. The Morgan fingerprint density at radius 2 is 1.62 bits per heavy atom. The Balaban J connectivity index is 0.000000451. The van der Waals surface area contributed by atoms with E-state index in [4.69, 9.17) is 0 Å². The van der Waals surface area contributed by atoms with Gasteiger partial charge >= 0.3 is 0 Å². The van der Waals surface area contributed by atoms with Crippen molar-refractivity contribution in [2.45, 2.75) is 27.7 Å². The van der Waals surface area contributed by atoms with Gasteiger partial charge in [0.2, 0.25) is 5.91 Å². The highest BCUT2D eigenvalue weighted by Crippen LogP contribution is 2.25. The number of anilines is 2. The van der Waals surface area contributed by atoms with Gasteiger partial charge in [-0.2, -0.15) is 10.1 Å². The average molecular weight is 440 g/mol. The number of nitrogens with one attached hydrogen (secondary N) is 1. The fourth-order valence-electron chi connectivity index (χ4n) is 3.17. The van der Waals surface area contributed by atoms with Gasteiger partial charge in [0.1, 0.15) is 0 Å². The molecule has 3 rings (SSSR count). The molecule has 1 N–H and O–H groups in total. The number of carbonyl (C=O) groups is 2. The molecule has 2 aromatic rings. The van der Waals surface area contributed by atoms with Gasteiger partial charge < -0.3 is 10.2 Å². The van der Waals surface area contributed by atoms with E-state index in [1.165, 1.54) is 48.9 Å². The lowest BCUT2D eigenvalue weighted by atomic mass is 10.0. The predicted molar refractivity (Wildman–Crippen MR) is 126 cm³/mol. The van der Waals surface area contributed by atoms with Crippen LogP contribution in [0.1, 0.15) is 27.7 Å². The Morgan fingerprint density at radius 1 is 1.06 bits per heavy atom. The van der Waals surface area contributed by atoms with Crippen molar-refractivity contribution in [2.24, 2.45) is 11.0 Å². The largest absolute Gasteiger partial charge is 0.325 e. The van der Waals surface area contributed by atoms with Crippen LogP contribution in [-0.2, 0) is 9.59 Å². The van der Waals surface area contributed by atoms with Crippen LogP contribution >= 0.6 is 0 Å². The van der Waals surface area contributed by atoms with E-state index in [0.717, 1.165) is 0 Å². The Kier molecular flexibility index (Phi) is 9.03. The van der Waals surface area contributed by atoms with Crippen molar-refractivity contribution >= 4 is 34.6 Å². The van der Waals surface area contributed by atoms with Crippen molar-refractivity contribution in [2.75, 3.05) is 30.0 Å². The molecule has 9 nitrogen and oxygen atoms in total. The van der Waals surface area contributed by atoms with Crippen molar-refractivity contribution in [3.63, 3.8) is 0 Å². The maximum atomic E-state index is 12.6. The molecule has 0 saturated heterocycles. The second-order valence-corrected chi connectivity index (χ2v) is 7.07. The number of benzene rings is 2. The number of nitrogens with zero attached hydrogens (tertiary/aromatic N) is 4. The Hall–Kier alpha value is -3.59. The van der Waals surface area contributed by atoms with Gasteiger partial charge in [-0.25, -0.2) is 0 Å². The number of carbonyl (C=O) groups excluding carboxylic acids is 2. The van der Waals surface area contributed by atoms with Crippen molar-refractivity contribution in [1.29, 1.82) is 0 Å². The molecule has 0 radical (unpaired) electrons. The summed E-state index contributed by atoms with van der Waals surface area (Å²) in [5.41, 5.74) is 1.25. The summed E-state index contributed by atoms with van der Waals surface area (Å²) in [6.07, 6.45) is 0. The topological polar surface area (TPSA) is 108 Å². The van der Waals surface area contributed by atoms with Crippen molar-refractivity contribution in [3.05, 3.63) is 64.7 Å². The van der Waals surface area contributed by atoms with Crippen molar-refractivity contribution < 1.29 is 14.5 Å². The summed E-state index contributed by atoms with van der Waals surface area (Å²) < 4.78 is 0. The van der Waals surface area contributed by atoms with Crippen LogP contribution in [-0.4, -0.2) is 47.0 Å². The summed E-state index contributed by atoms with van der Waals surface area (Å²) in [4.78, 5) is 37.5. The molecule has 0 fully saturated rings. The van der Waals surface area contributed by atoms with Gasteiger partial charge in [-0.1, -0.05) is 39.0 Å². The van der Waals surface area contributed by atoms with E-state index in [0.29, 0.717) is 17.1 Å². The third-order valence-corrected chi connectivity index (χ3v) is 5.08. The molecule has 1 unspecified atom stereocenters. The van der Waals surface area contributed by atoms with Crippen LogP contribution in [0, 0.1) is 16.0 Å². The fourth-order valence-corrected chi connectivity index (χ4v) is 3.17. The van der Waals surface area contributed by atoms with E-state index in [9.17, 15) is 19.7 Å². The summed E-state index contributed by atoms with van der Waals surface area (Å²) in [7, 11) is 0. The molecule has 2 aromatic carbocycles. The highest BCUT2D eigenvalue weighted by atomic mass is 16.6. The first-order valence-electron chi connectivity index (χ1n) is 10.5. The van der Waals surface area contributed by atoms with Crippen molar-refractivity contribution in [1.82, 2.24) is 4.90 Å². The van der Waals surface area contributed by atoms with Crippen LogP contribution in [0.2, 0.25) is 0 Å². The minimum atomic E-state index is -1.03. The van der Waals surface area contributed by atoms with E-state index in [1.54, 1.807) is 31.2 Å². The quantitative estimate of drug-likeness (QED) is 0.400. The van der Waals surface area contributed by atoms with E-state index in [-0.39, 0.29) is 5.69 Å². The van der Waals surface area contributed by atoms with E-state index in [2.05, 4.69) is 36.1 Å². The summed E-state index contributed by atoms with van der Waals surface area (Å²) in [5.74, 6) is -2.00. The van der Waals surface area contributed by atoms with Crippen LogP contribution in [0.5, 0.6) is 0 Å². The maximum Gasteiger partial charge on any atom is 0.269 e. The van der Waals surface area contributed by atoms with Crippen molar-refractivity contribution in [3.8, 4) is 0 Å². The van der Waals surface area contributed by atoms with Gasteiger partial charge in [-0.3, -0.25) is 19.7 Å². The second kappa shape index (κ2) is 11.7. The molecule has 32 heavy (non-hydrogen) atoms. The molecular weight excluding hydrogens is 410 g/mol. The molecule has 0 saturated carbocycles. The monoisotopic (exact) mass is 439 g/mol. The van der Waals surface area contributed by atoms with Crippen LogP contribution in [0.3, 0.4) is 0 Å². The lowest BCUT2D eigenvalue weighted by molar-refractivity contribution is -0.384. The zero-order valence-corrected chi connectivity index (χ0v) is 18.8. The average Bonchev–Trinajstić information content (AvgIpc) is 3.10. The number of nitro benzene ring substituents is 1.